The first-order chi connectivity index (χ1) is 16.8. The van der Waals surface area contributed by atoms with Gasteiger partial charge in [-0.15, -0.1) is 0 Å². The fourth-order valence-corrected chi connectivity index (χ4v) is 3.76. The van der Waals surface area contributed by atoms with Crippen molar-refractivity contribution in [1.29, 1.82) is 0 Å². The van der Waals surface area contributed by atoms with Gasteiger partial charge in [0.05, 0.1) is 11.4 Å². The normalized spacial score (nSPS) is 11.8. The summed E-state index contributed by atoms with van der Waals surface area (Å²) in [4.78, 5) is 38.0. The zero-order valence-corrected chi connectivity index (χ0v) is 18.9. The lowest BCUT2D eigenvalue weighted by atomic mass is 10.0. The summed E-state index contributed by atoms with van der Waals surface area (Å²) >= 11 is 0. The predicted molar refractivity (Wildman–Crippen MR) is 126 cm³/mol. The Morgan fingerprint density at radius 3 is 2.49 bits per heavy atom. The van der Waals surface area contributed by atoms with Crippen LogP contribution < -0.4 is 10.7 Å². The van der Waals surface area contributed by atoms with Gasteiger partial charge in [0.2, 0.25) is 0 Å². The van der Waals surface area contributed by atoms with Gasteiger partial charge in [-0.05, 0) is 32.0 Å². The molecular weight excluding hydrogens is 456 g/mol. The standard InChI is InChI=1S/C27H21F2NO5/c1-15-24(32)20-9-6-10-21(26(20)35-25(15)17-7-4-3-5-8-17)27(33)34-14-23(31)30-16(2)19-12-11-18(28)13-22(19)29/h3-13,16H,14H2,1-2H3,(H,30,31). The molecular formula is C27H21F2NO5. The van der Waals surface area contributed by atoms with Crippen molar-refractivity contribution < 1.29 is 27.5 Å². The Labute approximate surface area is 199 Å². The van der Waals surface area contributed by atoms with E-state index < -0.39 is 36.2 Å². The SMILES string of the molecule is Cc1c(-c2ccccc2)oc2c(C(=O)OCC(=O)NC(C)c3ccc(F)cc3F)cccc2c1=O. The van der Waals surface area contributed by atoms with E-state index in [2.05, 4.69) is 5.32 Å². The second-order valence-corrected chi connectivity index (χ2v) is 7.96. The summed E-state index contributed by atoms with van der Waals surface area (Å²) < 4.78 is 38.2. The van der Waals surface area contributed by atoms with Crippen LogP contribution in [0.3, 0.4) is 0 Å². The molecule has 1 atom stereocenters. The van der Waals surface area contributed by atoms with E-state index in [1.165, 1.54) is 25.1 Å². The molecule has 6 nitrogen and oxygen atoms in total. The molecule has 0 bridgehead atoms. The third-order valence-electron chi connectivity index (χ3n) is 5.54. The maximum atomic E-state index is 13.9. The number of benzene rings is 3. The highest BCUT2D eigenvalue weighted by molar-refractivity contribution is 6.02. The lowest BCUT2D eigenvalue weighted by Crippen LogP contribution is -2.31. The third kappa shape index (κ3) is 4.96. The summed E-state index contributed by atoms with van der Waals surface area (Å²) in [6.45, 7) is 2.51. The number of nitrogens with one attached hydrogen (secondary N) is 1. The molecule has 1 amide bonds. The van der Waals surface area contributed by atoms with Gasteiger partial charge in [-0.2, -0.15) is 0 Å². The van der Waals surface area contributed by atoms with E-state index in [0.29, 0.717) is 16.9 Å². The first-order valence-corrected chi connectivity index (χ1v) is 10.8. The Balaban J connectivity index is 1.54. The molecule has 0 spiro atoms. The van der Waals surface area contributed by atoms with Gasteiger partial charge in [0, 0.05) is 22.8 Å². The van der Waals surface area contributed by atoms with Gasteiger partial charge >= 0.3 is 5.97 Å². The number of carbonyl (C=O) groups excluding carboxylic acids is 2. The molecule has 0 aliphatic heterocycles. The monoisotopic (exact) mass is 477 g/mol. The second-order valence-electron chi connectivity index (χ2n) is 7.96. The van der Waals surface area contributed by atoms with Crippen molar-refractivity contribution in [2.45, 2.75) is 19.9 Å². The van der Waals surface area contributed by atoms with Gasteiger partial charge in [-0.3, -0.25) is 9.59 Å². The van der Waals surface area contributed by atoms with Crippen molar-refractivity contribution in [2.24, 2.45) is 0 Å². The number of para-hydroxylation sites is 1. The zero-order chi connectivity index (χ0) is 25.1. The Bertz CT molecular complexity index is 1480. The fourth-order valence-electron chi connectivity index (χ4n) is 3.76. The predicted octanol–water partition coefficient (Wildman–Crippen LogP) is 5.08. The van der Waals surface area contributed by atoms with Crippen LogP contribution in [-0.2, 0) is 9.53 Å². The highest BCUT2D eigenvalue weighted by Crippen LogP contribution is 2.27. The molecule has 4 rings (SSSR count). The van der Waals surface area contributed by atoms with Crippen molar-refractivity contribution in [3.63, 3.8) is 0 Å². The molecule has 0 aliphatic carbocycles. The minimum Gasteiger partial charge on any atom is -0.455 e. The molecule has 0 saturated heterocycles. The average molecular weight is 477 g/mol. The molecule has 1 aromatic heterocycles. The van der Waals surface area contributed by atoms with E-state index in [4.69, 9.17) is 9.15 Å². The third-order valence-corrected chi connectivity index (χ3v) is 5.54. The van der Waals surface area contributed by atoms with Crippen LogP contribution in [0.25, 0.3) is 22.3 Å². The summed E-state index contributed by atoms with van der Waals surface area (Å²) in [6, 6.07) is 15.8. The number of fused-ring (bicyclic) bond motifs is 1. The van der Waals surface area contributed by atoms with Gasteiger partial charge in [0.25, 0.3) is 5.91 Å². The van der Waals surface area contributed by atoms with Crippen molar-refractivity contribution in [1.82, 2.24) is 5.32 Å². The number of rotatable bonds is 6. The Morgan fingerprint density at radius 2 is 1.77 bits per heavy atom. The van der Waals surface area contributed by atoms with Crippen LogP contribution in [0.1, 0.15) is 34.5 Å². The number of ether oxygens (including phenoxy) is 1. The number of esters is 1. The van der Waals surface area contributed by atoms with E-state index in [0.717, 1.165) is 12.1 Å². The number of carbonyl (C=O) groups is 2. The van der Waals surface area contributed by atoms with Crippen LogP contribution in [0.5, 0.6) is 0 Å². The maximum absolute atomic E-state index is 13.9. The Morgan fingerprint density at radius 1 is 1.03 bits per heavy atom. The van der Waals surface area contributed by atoms with Crippen LogP contribution in [0.15, 0.2) is 75.9 Å². The van der Waals surface area contributed by atoms with E-state index >= 15 is 0 Å². The van der Waals surface area contributed by atoms with Crippen LogP contribution in [-0.4, -0.2) is 18.5 Å². The van der Waals surface area contributed by atoms with Crippen molar-refractivity contribution in [3.05, 3.63) is 105 Å². The van der Waals surface area contributed by atoms with Gasteiger partial charge in [0.15, 0.2) is 17.6 Å². The quantitative estimate of drug-likeness (QED) is 0.392. The van der Waals surface area contributed by atoms with Gasteiger partial charge in [0.1, 0.15) is 23.0 Å². The molecule has 0 radical (unpaired) electrons. The number of hydrogen-bond donors (Lipinski definition) is 1. The number of halogens is 2. The largest absolute Gasteiger partial charge is 0.455 e. The van der Waals surface area contributed by atoms with Crippen molar-refractivity contribution in [3.8, 4) is 11.3 Å². The molecule has 0 aliphatic rings. The zero-order valence-electron chi connectivity index (χ0n) is 18.9. The smallest absolute Gasteiger partial charge is 0.342 e. The van der Waals surface area contributed by atoms with Gasteiger partial charge < -0.3 is 14.5 Å². The van der Waals surface area contributed by atoms with Crippen LogP contribution in [0.2, 0.25) is 0 Å². The first-order valence-electron chi connectivity index (χ1n) is 10.8. The molecule has 1 N–H and O–H groups in total. The summed E-state index contributed by atoms with van der Waals surface area (Å²) in [5.41, 5.74) is 0.916. The minimum absolute atomic E-state index is 0.0118. The molecule has 35 heavy (non-hydrogen) atoms. The van der Waals surface area contributed by atoms with Crippen LogP contribution >= 0.6 is 0 Å². The summed E-state index contributed by atoms with van der Waals surface area (Å²) in [7, 11) is 0. The van der Waals surface area contributed by atoms with Crippen LogP contribution in [0.4, 0.5) is 8.78 Å². The van der Waals surface area contributed by atoms with E-state index in [1.807, 2.05) is 6.07 Å². The van der Waals surface area contributed by atoms with E-state index in [-0.39, 0.29) is 27.5 Å². The average Bonchev–Trinajstić information content (AvgIpc) is 2.84. The molecule has 0 saturated carbocycles. The minimum atomic E-state index is -0.864. The van der Waals surface area contributed by atoms with Crippen molar-refractivity contribution in [2.75, 3.05) is 6.61 Å². The molecule has 178 valence electrons. The molecule has 1 heterocycles. The molecule has 0 fully saturated rings. The lowest BCUT2D eigenvalue weighted by molar-refractivity contribution is -0.124. The summed E-state index contributed by atoms with van der Waals surface area (Å²) in [5, 5.41) is 2.71. The van der Waals surface area contributed by atoms with Gasteiger partial charge in [-0.1, -0.05) is 42.5 Å². The molecule has 8 heteroatoms. The van der Waals surface area contributed by atoms with E-state index in [9.17, 15) is 23.2 Å². The summed E-state index contributed by atoms with van der Waals surface area (Å²) in [5.74, 6) is -2.75. The fraction of sp³-hybridized carbons (Fsp3) is 0.148. The molecule has 3 aromatic carbocycles. The highest BCUT2D eigenvalue weighted by atomic mass is 19.1. The van der Waals surface area contributed by atoms with Gasteiger partial charge in [-0.25, -0.2) is 13.6 Å². The lowest BCUT2D eigenvalue weighted by Gasteiger charge is -2.15. The number of hydrogen-bond acceptors (Lipinski definition) is 5. The van der Waals surface area contributed by atoms with Crippen molar-refractivity contribution >= 4 is 22.8 Å². The van der Waals surface area contributed by atoms with Crippen LogP contribution in [0, 0.1) is 18.6 Å². The maximum Gasteiger partial charge on any atom is 0.342 e. The molecule has 1 unspecified atom stereocenters. The highest BCUT2D eigenvalue weighted by Gasteiger charge is 2.21. The number of amides is 1. The molecule has 4 aromatic rings. The first kappa shape index (κ1) is 23.8. The second kappa shape index (κ2) is 9.89. The van der Waals surface area contributed by atoms with E-state index in [1.54, 1.807) is 37.3 Å². The summed E-state index contributed by atoms with van der Waals surface area (Å²) in [6.07, 6.45) is 0. The topological polar surface area (TPSA) is 85.6 Å². The Hall–Kier alpha value is -4.33. The Kier molecular flexibility index (Phi) is 6.73.